The number of aromatic carboxylic acids is 1. The van der Waals surface area contributed by atoms with Crippen molar-refractivity contribution in [3.05, 3.63) is 75.1 Å². The molecule has 160 valence electrons. The Morgan fingerprint density at radius 3 is 2.48 bits per heavy atom. The van der Waals surface area contributed by atoms with E-state index < -0.39 is 45.6 Å². The Hall–Kier alpha value is -3.73. The maximum atomic E-state index is 14.7. The lowest BCUT2D eigenvalue weighted by atomic mass is 10.1. The molecule has 1 fully saturated rings. The van der Waals surface area contributed by atoms with E-state index in [-0.39, 0.29) is 36.8 Å². The molecule has 3 N–H and O–H groups in total. The summed E-state index contributed by atoms with van der Waals surface area (Å²) in [5.41, 5.74) is 3.32. The lowest BCUT2D eigenvalue weighted by Gasteiger charge is -2.35. The molecule has 4 rings (SSSR count). The topological polar surface area (TPSA) is 101 Å². The Kier molecular flexibility index (Phi) is 4.97. The lowest BCUT2D eigenvalue weighted by molar-refractivity contribution is 0.0695. The van der Waals surface area contributed by atoms with Crippen LogP contribution in [0.5, 0.6) is 0 Å². The van der Waals surface area contributed by atoms with Crippen molar-refractivity contribution in [1.82, 2.24) is 9.55 Å². The first kappa shape index (κ1) is 20.5. The van der Waals surface area contributed by atoms with Crippen molar-refractivity contribution in [1.29, 1.82) is 0 Å². The van der Waals surface area contributed by atoms with Crippen molar-refractivity contribution in [2.75, 3.05) is 24.5 Å². The average molecular weight is 434 g/mol. The van der Waals surface area contributed by atoms with Crippen LogP contribution in [0.2, 0.25) is 0 Å². The van der Waals surface area contributed by atoms with Crippen LogP contribution in [0.15, 0.2) is 46.7 Å². The molecule has 0 unspecified atom stereocenters. The summed E-state index contributed by atoms with van der Waals surface area (Å²) in [5, 5.41) is 8.93. The fourth-order valence-electron chi connectivity index (χ4n) is 3.33. The van der Waals surface area contributed by atoms with Crippen molar-refractivity contribution in [2.24, 2.45) is 5.73 Å². The summed E-state index contributed by atoms with van der Waals surface area (Å²) in [7, 11) is 0. The maximum absolute atomic E-state index is 14.7. The minimum Gasteiger partial charge on any atom is -0.477 e. The van der Waals surface area contributed by atoms with Crippen LogP contribution in [0.25, 0.3) is 16.7 Å². The van der Waals surface area contributed by atoms with Crippen LogP contribution in [-0.2, 0) is 0 Å². The highest BCUT2D eigenvalue weighted by molar-refractivity contribution is 5.92. The van der Waals surface area contributed by atoms with Crippen LogP contribution in [0, 0.1) is 17.5 Å². The number of fused-ring (bicyclic) bond motifs is 1. The second-order valence-corrected chi connectivity index (χ2v) is 6.88. The first-order valence-corrected chi connectivity index (χ1v) is 8.97. The summed E-state index contributed by atoms with van der Waals surface area (Å²) >= 11 is 0. The number of nitrogens with two attached hydrogens (primary N) is 1. The molecule has 1 aliphatic rings. The third-order valence-corrected chi connectivity index (χ3v) is 4.94. The van der Waals surface area contributed by atoms with Crippen molar-refractivity contribution < 1.29 is 27.5 Å². The molecule has 0 atom stereocenters. The number of carboxylic acids is 1. The van der Waals surface area contributed by atoms with Gasteiger partial charge in [0.25, 0.3) is 0 Å². The Morgan fingerprint density at radius 2 is 1.87 bits per heavy atom. The zero-order valence-electron chi connectivity index (χ0n) is 15.7. The molecule has 3 heterocycles. The summed E-state index contributed by atoms with van der Waals surface area (Å²) in [4.78, 5) is 29.5. The van der Waals surface area contributed by atoms with Gasteiger partial charge in [0.2, 0.25) is 5.43 Å². The van der Waals surface area contributed by atoms with E-state index in [9.17, 15) is 32.3 Å². The molecule has 0 bridgehead atoms. The normalized spacial score (nSPS) is 13.5. The third-order valence-electron chi connectivity index (χ3n) is 4.94. The van der Waals surface area contributed by atoms with E-state index in [2.05, 4.69) is 4.98 Å². The number of benzene rings is 1. The quantitative estimate of drug-likeness (QED) is 0.612. The lowest BCUT2D eigenvalue weighted by Crippen LogP contribution is -2.42. The molecule has 1 aromatic carbocycles. The second kappa shape index (κ2) is 7.51. The van der Waals surface area contributed by atoms with E-state index in [1.165, 1.54) is 4.90 Å². The van der Waals surface area contributed by atoms with E-state index in [0.29, 0.717) is 11.6 Å². The molecule has 31 heavy (non-hydrogen) atoms. The van der Waals surface area contributed by atoms with Gasteiger partial charge in [0, 0.05) is 37.5 Å². The minimum absolute atomic E-state index is 0.0147. The number of hydrogen-bond donors (Lipinski definition) is 2. The number of nitrogens with zero attached hydrogens (tertiary/aromatic N) is 3. The molecule has 2 aromatic heterocycles. The molecule has 1 aliphatic heterocycles. The summed E-state index contributed by atoms with van der Waals surface area (Å²) < 4.78 is 57.0. The van der Waals surface area contributed by atoms with E-state index >= 15 is 0 Å². The van der Waals surface area contributed by atoms with Gasteiger partial charge >= 0.3 is 5.97 Å². The summed E-state index contributed by atoms with van der Waals surface area (Å²) in [6, 6.07) is 3.35. The van der Waals surface area contributed by atoms with Crippen LogP contribution >= 0.6 is 0 Å². The predicted octanol–water partition coefficient (Wildman–Crippen LogP) is 2.50. The van der Waals surface area contributed by atoms with Gasteiger partial charge in [0.1, 0.15) is 23.0 Å². The predicted molar refractivity (Wildman–Crippen MR) is 104 cm³/mol. The van der Waals surface area contributed by atoms with Crippen molar-refractivity contribution in [2.45, 2.75) is 0 Å². The molecule has 0 spiro atoms. The molecule has 0 radical (unpaired) electrons. The van der Waals surface area contributed by atoms with Crippen molar-refractivity contribution >= 4 is 22.8 Å². The number of hydrogen-bond acceptors (Lipinski definition) is 5. The van der Waals surface area contributed by atoms with Crippen LogP contribution in [0.4, 0.5) is 23.4 Å². The number of carbonyl (C=O) groups is 1. The van der Waals surface area contributed by atoms with Gasteiger partial charge in [-0.1, -0.05) is 0 Å². The first-order chi connectivity index (χ1) is 14.7. The van der Waals surface area contributed by atoms with E-state index in [4.69, 9.17) is 5.73 Å². The molecule has 7 nitrogen and oxygen atoms in total. The van der Waals surface area contributed by atoms with Crippen LogP contribution < -0.4 is 16.1 Å². The molecule has 0 aliphatic carbocycles. The van der Waals surface area contributed by atoms with Gasteiger partial charge in [-0.3, -0.25) is 9.36 Å². The molecule has 3 aromatic rings. The van der Waals surface area contributed by atoms with Crippen LogP contribution in [-0.4, -0.2) is 40.3 Å². The zero-order chi connectivity index (χ0) is 22.4. The van der Waals surface area contributed by atoms with Gasteiger partial charge in [-0.05, 0) is 18.2 Å². The highest BCUT2D eigenvalue weighted by Gasteiger charge is 2.29. The number of aromatic nitrogens is 2. The van der Waals surface area contributed by atoms with Crippen LogP contribution in [0.1, 0.15) is 10.4 Å². The van der Waals surface area contributed by atoms with Gasteiger partial charge in [0.15, 0.2) is 17.3 Å². The van der Waals surface area contributed by atoms with Crippen LogP contribution in [0.3, 0.4) is 0 Å². The molecule has 0 saturated carbocycles. The Balaban J connectivity index is 1.96. The fraction of sp³-hybridized carbons (Fsp3) is 0.150. The summed E-state index contributed by atoms with van der Waals surface area (Å²) in [6.45, 7) is -0.264. The minimum atomic E-state index is -1.61. The Morgan fingerprint density at radius 1 is 1.16 bits per heavy atom. The van der Waals surface area contributed by atoms with Crippen molar-refractivity contribution in [3.8, 4) is 5.69 Å². The average Bonchev–Trinajstić information content (AvgIpc) is 2.68. The SMILES string of the molecule is NCC(F)=C1CN(c2nc3c(cc2F)c(=O)c(C(=O)O)cn3-c2ccc(F)cc2F)C1. The van der Waals surface area contributed by atoms with Gasteiger partial charge in [-0.15, -0.1) is 0 Å². The van der Waals surface area contributed by atoms with E-state index in [1.807, 2.05) is 0 Å². The fourth-order valence-corrected chi connectivity index (χ4v) is 3.33. The number of rotatable bonds is 4. The van der Waals surface area contributed by atoms with Crippen molar-refractivity contribution in [3.63, 3.8) is 0 Å². The summed E-state index contributed by atoms with van der Waals surface area (Å²) in [5.74, 6) is -5.22. The first-order valence-electron chi connectivity index (χ1n) is 8.97. The smallest absolute Gasteiger partial charge is 0.341 e. The Bertz CT molecular complexity index is 1330. The highest BCUT2D eigenvalue weighted by Crippen LogP contribution is 2.30. The second-order valence-electron chi connectivity index (χ2n) is 6.88. The van der Waals surface area contributed by atoms with E-state index in [0.717, 1.165) is 29.0 Å². The van der Waals surface area contributed by atoms with Gasteiger partial charge < -0.3 is 15.7 Å². The molecular weight excluding hydrogens is 420 g/mol. The van der Waals surface area contributed by atoms with Gasteiger partial charge in [-0.25, -0.2) is 27.3 Å². The Labute approximate surface area is 171 Å². The third kappa shape index (κ3) is 3.42. The van der Waals surface area contributed by atoms with E-state index in [1.54, 1.807) is 0 Å². The molecule has 0 amide bonds. The molecule has 1 saturated heterocycles. The standard InChI is InChI=1S/C20H14F4N4O3/c21-10-1-2-16(13(22)3-10)28-8-12(20(30)31)17(29)11-4-14(23)19(26-18(11)28)27-6-9(7-27)15(24)5-25/h1-4,8H,5-7,25H2,(H,30,31). The number of pyridine rings is 2. The zero-order valence-corrected chi connectivity index (χ0v) is 15.7. The largest absolute Gasteiger partial charge is 0.477 e. The summed E-state index contributed by atoms with van der Waals surface area (Å²) in [6.07, 6.45) is 0.841. The maximum Gasteiger partial charge on any atom is 0.341 e. The monoisotopic (exact) mass is 434 g/mol. The molecule has 11 heteroatoms. The van der Waals surface area contributed by atoms with Gasteiger partial charge in [0.05, 0.1) is 11.1 Å². The van der Waals surface area contributed by atoms with Gasteiger partial charge in [-0.2, -0.15) is 0 Å². The number of anilines is 1. The molecular formula is C20H14F4N4O3. The number of halogens is 4. The highest BCUT2D eigenvalue weighted by atomic mass is 19.1. The number of carboxylic acid groups (broad SMARTS) is 1.